The Labute approximate surface area is 72.4 Å². The van der Waals surface area contributed by atoms with Crippen molar-refractivity contribution in [3.8, 4) is 0 Å². The summed E-state index contributed by atoms with van der Waals surface area (Å²) in [7, 11) is 0. The van der Waals surface area contributed by atoms with Crippen LogP contribution in [0.5, 0.6) is 0 Å². The third-order valence-electron chi connectivity index (χ3n) is 1.79. The summed E-state index contributed by atoms with van der Waals surface area (Å²) in [6.45, 7) is 3.12. The molecule has 1 aliphatic heterocycles. The summed E-state index contributed by atoms with van der Waals surface area (Å²) in [5.41, 5.74) is 0. The van der Waals surface area contributed by atoms with E-state index < -0.39 is 0 Å². The molecular weight excluding hydrogens is 156 g/mol. The van der Waals surface area contributed by atoms with E-state index in [1.54, 1.807) is 0 Å². The number of hydrogen-bond acceptors (Lipinski definition) is 3. The van der Waals surface area contributed by atoms with Gasteiger partial charge in [0.25, 0.3) is 0 Å². The van der Waals surface area contributed by atoms with Crippen LogP contribution in [-0.2, 0) is 14.3 Å². The second-order valence-corrected chi connectivity index (χ2v) is 2.65. The van der Waals surface area contributed by atoms with Gasteiger partial charge in [-0.1, -0.05) is 12.2 Å². The quantitative estimate of drug-likeness (QED) is 0.469. The van der Waals surface area contributed by atoms with E-state index in [9.17, 15) is 4.79 Å². The first-order chi connectivity index (χ1) is 5.88. The van der Waals surface area contributed by atoms with Crippen molar-refractivity contribution >= 4 is 6.29 Å². The molecule has 1 aliphatic rings. The van der Waals surface area contributed by atoms with E-state index >= 15 is 0 Å². The minimum Gasteiger partial charge on any atom is -0.352 e. The Kier molecular flexibility index (Phi) is 3.97. The molecule has 1 heterocycles. The molecule has 0 aromatic carbocycles. The van der Waals surface area contributed by atoms with Gasteiger partial charge < -0.3 is 14.3 Å². The topological polar surface area (TPSA) is 35.5 Å². The van der Waals surface area contributed by atoms with Crippen LogP contribution in [0.2, 0.25) is 0 Å². The molecule has 0 aliphatic carbocycles. The minimum absolute atomic E-state index is 0.0937. The molecule has 3 nitrogen and oxygen atoms in total. The highest BCUT2D eigenvalue weighted by molar-refractivity contribution is 5.50. The van der Waals surface area contributed by atoms with Gasteiger partial charge in [-0.15, -0.1) is 0 Å². The molecule has 0 saturated carbocycles. The Morgan fingerprint density at radius 3 is 3.25 bits per heavy atom. The van der Waals surface area contributed by atoms with E-state index in [-0.39, 0.29) is 12.2 Å². The molecule has 12 heavy (non-hydrogen) atoms. The highest BCUT2D eigenvalue weighted by atomic mass is 16.7. The van der Waals surface area contributed by atoms with Crippen LogP contribution in [-0.4, -0.2) is 25.8 Å². The third-order valence-corrected chi connectivity index (χ3v) is 1.79. The van der Waals surface area contributed by atoms with E-state index in [2.05, 4.69) is 0 Å². The highest BCUT2D eigenvalue weighted by Crippen LogP contribution is 2.18. The normalized spacial score (nSPS) is 28.8. The Balaban J connectivity index is 2.46. The number of ether oxygens (including phenoxy) is 2. The van der Waals surface area contributed by atoms with Crippen molar-refractivity contribution in [2.24, 2.45) is 5.92 Å². The number of carbonyl (C=O) groups excluding carboxylic acids is 1. The van der Waals surface area contributed by atoms with Crippen LogP contribution in [0.15, 0.2) is 12.2 Å². The average molecular weight is 170 g/mol. The van der Waals surface area contributed by atoms with Crippen LogP contribution < -0.4 is 0 Å². The van der Waals surface area contributed by atoms with Crippen LogP contribution in [0.1, 0.15) is 13.3 Å². The number of carbonyl (C=O) groups is 1. The third kappa shape index (κ3) is 2.43. The Hall–Kier alpha value is -0.670. The second-order valence-electron chi connectivity index (χ2n) is 2.65. The molecule has 0 bridgehead atoms. The lowest BCUT2D eigenvalue weighted by atomic mass is 10.0. The van der Waals surface area contributed by atoms with Gasteiger partial charge in [0.05, 0.1) is 6.61 Å². The number of hydrogen-bond donors (Lipinski definition) is 0. The highest BCUT2D eigenvalue weighted by Gasteiger charge is 2.21. The Bertz CT molecular complexity index is 165. The van der Waals surface area contributed by atoms with Crippen LogP contribution in [0, 0.1) is 5.92 Å². The summed E-state index contributed by atoms with van der Waals surface area (Å²) in [4.78, 5) is 10.3. The maximum Gasteiger partial charge on any atom is 0.164 e. The summed E-state index contributed by atoms with van der Waals surface area (Å²) >= 11 is 0. The molecule has 1 rings (SSSR count). The summed E-state index contributed by atoms with van der Waals surface area (Å²) in [5.74, 6) is 0.0937. The lowest BCUT2D eigenvalue weighted by molar-refractivity contribution is -0.161. The zero-order chi connectivity index (χ0) is 8.81. The van der Waals surface area contributed by atoms with Gasteiger partial charge in [-0.25, -0.2) is 0 Å². The molecular formula is C9H14O3. The molecule has 0 radical (unpaired) electrons. The minimum atomic E-state index is -0.231. The first kappa shape index (κ1) is 9.42. The second kappa shape index (κ2) is 5.06. The molecule has 0 aromatic rings. The van der Waals surface area contributed by atoms with Gasteiger partial charge in [0.15, 0.2) is 6.29 Å². The molecule has 2 atom stereocenters. The van der Waals surface area contributed by atoms with E-state index in [1.807, 2.05) is 19.1 Å². The summed E-state index contributed by atoms with van der Waals surface area (Å²) < 4.78 is 10.6. The van der Waals surface area contributed by atoms with Gasteiger partial charge in [0, 0.05) is 18.9 Å². The fourth-order valence-corrected chi connectivity index (χ4v) is 1.23. The first-order valence-corrected chi connectivity index (χ1v) is 4.22. The molecule has 0 saturated heterocycles. The molecule has 0 amide bonds. The van der Waals surface area contributed by atoms with E-state index in [4.69, 9.17) is 9.47 Å². The molecule has 68 valence electrons. The Morgan fingerprint density at radius 1 is 1.75 bits per heavy atom. The number of aldehydes is 1. The standard InChI is InChI=1S/C9H14O3/c1-2-11-9-8(5-6-10)4-3-7-12-9/h3-4,6,8-9H,2,5,7H2,1H3/t8-,9+/m0/s1. The maximum absolute atomic E-state index is 10.3. The molecule has 0 spiro atoms. The van der Waals surface area contributed by atoms with Crippen molar-refractivity contribution in [2.75, 3.05) is 13.2 Å². The summed E-state index contributed by atoms with van der Waals surface area (Å²) in [6, 6.07) is 0. The van der Waals surface area contributed by atoms with Crippen molar-refractivity contribution in [1.29, 1.82) is 0 Å². The summed E-state index contributed by atoms with van der Waals surface area (Å²) in [6.07, 6.45) is 5.05. The Morgan fingerprint density at radius 2 is 2.58 bits per heavy atom. The van der Waals surface area contributed by atoms with Crippen LogP contribution in [0.4, 0.5) is 0 Å². The van der Waals surface area contributed by atoms with Gasteiger partial charge in [-0.2, -0.15) is 0 Å². The predicted molar refractivity (Wildman–Crippen MR) is 44.7 cm³/mol. The van der Waals surface area contributed by atoms with Crippen LogP contribution >= 0.6 is 0 Å². The largest absolute Gasteiger partial charge is 0.352 e. The van der Waals surface area contributed by atoms with Crippen LogP contribution in [0.3, 0.4) is 0 Å². The zero-order valence-electron chi connectivity index (χ0n) is 7.23. The van der Waals surface area contributed by atoms with Gasteiger partial charge >= 0.3 is 0 Å². The van der Waals surface area contributed by atoms with E-state index in [0.29, 0.717) is 19.6 Å². The SMILES string of the molecule is CCO[C@@H]1OCC=C[C@H]1CC=O. The van der Waals surface area contributed by atoms with Gasteiger partial charge in [0.2, 0.25) is 0 Å². The van der Waals surface area contributed by atoms with Crippen molar-refractivity contribution < 1.29 is 14.3 Å². The zero-order valence-corrected chi connectivity index (χ0v) is 7.23. The monoisotopic (exact) mass is 170 g/mol. The van der Waals surface area contributed by atoms with Crippen LogP contribution in [0.25, 0.3) is 0 Å². The van der Waals surface area contributed by atoms with Crippen molar-refractivity contribution in [3.63, 3.8) is 0 Å². The van der Waals surface area contributed by atoms with Gasteiger partial charge in [-0.05, 0) is 6.92 Å². The first-order valence-electron chi connectivity index (χ1n) is 4.22. The van der Waals surface area contributed by atoms with E-state index in [0.717, 1.165) is 6.29 Å². The van der Waals surface area contributed by atoms with Gasteiger partial charge in [-0.3, -0.25) is 0 Å². The molecule has 0 aromatic heterocycles. The fraction of sp³-hybridized carbons (Fsp3) is 0.667. The maximum atomic E-state index is 10.3. The van der Waals surface area contributed by atoms with E-state index in [1.165, 1.54) is 0 Å². The van der Waals surface area contributed by atoms with Crippen molar-refractivity contribution in [3.05, 3.63) is 12.2 Å². The predicted octanol–water partition coefficient (Wildman–Crippen LogP) is 1.14. The molecule has 3 heteroatoms. The fourth-order valence-electron chi connectivity index (χ4n) is 1.23. The molecule has 0 N–H and O–H groups in total. The van der Waals surface area contributed by atoms with Gasteiger partial charge in [0.1, 0.15) is 6.29 Å². The smallest absolute Gasteiger partial charge is 0.164 e. The van der Waals surface area contributed by atoms with Crippen molar-refractivity contribution in [1.82, 2.24) is 0 Å². The average Bonchev–Trinajstić information content (AvgIpc) is 2.09. The summed E-state index contributed by atoms with van der Waals surface area (Å²) in [5, 5.41) is 0. The lowest BCUT2D eigenvalue weighted by Gasteiger charge is -2.25. The lowest BCUT2D eigenvalue weighted by Crippen LogP contribution is -2.29. The number of rotatable bonds is 4. The molecule has 0 unspecified atom stereocenters. The molecule has 0 fully saturated rings. The van der Waals surface area contributed by atoms with Crippen molar-refractivity contribution in [2.45, 2.75) is 19.6 Å².